The second-order valence-electron chi connectivity index (χ2n) is 7.24. The van der Waals surface area contributed by atoms with Crippen molar-refractivity contribution in [3.8, 4) is 0 Å². The van der Waals surface area contributed by atoms with Crippen LogP contribution in [0, 0.1) is 5.82 Å². The van der Waals surface area contributed by atoms with Gasteiger partial charge in [0.1, 0.15) is 5.82 Å². The van der Waals surface area contributed by atoms with Crippen LogP contribution in [0.3, 0.4) is 0 Å². The molecule has 1 amide bonds. The lowest BCUT2D eigenvalue weighted by Crippen LogP contribution is -2.16. The number of nitrogens with one attached hydrogen (secondary N) is 2. The van der Waals surface area contributed by atoms with Gasteiger partial charge in [0.25, 0.3) is 15.9 Å². The van der Waals surface area contributed by atoms with E-state index in [1.165, 1.54) is 41.8 Å². The van der Waals surface area contributed by atoms with Gasteiger partial charge in [0.2, 0.25) is 0 Å². The summed E-state index contributed by atoms with van der Waals surface area (Å²) in [5.74, 6) is -0.758. The smallest absolute Gasteiger partial charge is 0.261 e. The molecule has 0 aromatic heterocycles. The Hall–Kier alpha value is -3.19. The minimum Gasteiger partial charge on any atom is -0.322 e. The highest BCUT2D eigenvalue weighted by atomic mass is 32.2. The standard InChI is InChI=1S/C23H21FN2O3S/c24-18-10-14-20(15-11-18)30(28,29)26-19-12-8-17(9-13-19)23(27)25-22-7-3-5-16-4-1-2-6-21(16)22/h3,5,7-15,26H,1-2,4,6H2,(H,25,27). The molecule has 0 saturated carbocycles. The highest BCUT2D eigenvalue weighted by molar-refractivity contribution is 7.92. The Morgan fingerprint density at radius 2 is 1.57 bits per heavy atom. The maximum Gasteiger partial charge on any atom is 0.261 e. The Bertz CT molecular complexity index is 1170. The summed E-state index contributed by atoms with van der Waals surface area (Å²) in [4.78, 5) is 12.6. The molecule has 7 heteroatoms. The summed E-state index contributed by atoms with van der Waals surface area (Å²) in [5, 5.41) is 2.97. The zero-order valence-electron chi connectivity index (χ0n) is 16.2. The van der Waals surface area contributed by atoms with Crippen molar-refractivity contribution in [3.63, 3.8) is 0 Å². The molecule has 1 aliphatic rings. The van der Waals surface area contributed by atoms with Crippen LogP contribution in [0.15, 0.2) is 71.6 Å². The molecule has 154 valence electrons. The molecule has 0 spiro atoms. The van der Waals surface area contributed by atoms with Crippen LogP contribution >= 0.6 is 0 Å². The molecule has 0 saturated heterocycles. The Labute approximate surface area is 175 Å². The van der Waals surface area contributed by atoms with Gasteiger partial charge in [-0.1, -0.05) is 12.1 Å². The molecule has 0 radical (unpaired) electrons. The van der Waals surface area contributed by atoms with Gasteiger partial charge < -0.3 is 5.32 Å². The quantitative estimate of drug-likeness (QED) is 0.620. The first-order valence-electron chi connectivity index (χ1n) is 9.73. The molecule has 3 aromatic rings. The van der Waals surface area contributed by atoms with Crippen LogP contribution in [0.1, 0.15) is 34.3 Å². The number of hydrogen-bond donors (Lipinski definition) is 2. The van der Waals surface area contributed by atoms with E-state index < -0.39 is 15.8 Å². The van der Waals surface area contributed by atoms with Crippen LogP contribution in [0.25, 0.3) is 0 Å². The maximum absolute atomic E-state index is 13.0. The molecule has 0 unspecified atom stereocenters. The maximum atomic E-state index is 13.0. The number of carbonyl (C=O) groups is 1. The van der Waals surface area contributed by atoms with Crippen LogP contribution in [0.5, 0.6) is 0 Å². The van der Waals surface area contributed by atoms with E-state index in [0.29, 0.717) is 11.3 Å². The predicted octanol–water partition coefficient (Wildman–Crippen LogP) is 4.76. The molecule has 5 nitrogen and oxygen atoms in total. The molecule has 1 aliphatic carbocycles. The lowest BCUT2D eigenvalue weighted by Gasteiger charge is -2.19. The molecule has 0 atom stereocenters. The van der Waals surface area contributed by atoms with Gasteiger partial charge in [0, 0.05) is 16.9 Å². The number of halogens is 1. The first-order valence-corrected chi connectivity index (χ1v) is 11.2. The third-order valence-electron chi connectivity index (χ3n) is 5.17. The average Bonchev–Trinajstić information content (AvgIpc) is 2.74. The highest BCUT2D eigenvalue weighted by Crippen LogP contribution is 2.28. The van der Waals surface area contributed by atoms with Crippen molar-refractivity contribution in [3.05, 3.63) is 89.2 Å². The molecule has 0 bridgehead atoms. The zero-order valence-corrected chi connectivity index (χ0v) is 17.0. The molecular weight excluding hydrogens is 403 g/mol. The minimum absolute atomic E-state index is 0.0421. The summed E-state index contributed by atoms with van der Waals surface area (Å²) in [6.45, 7) is 0. The van der Waals surface area contributed by atoms with Gasteiger partial charge in [0.05, 0.1) is 4.90 Å². The van der Waals surface area contributed by atoms with Gasteiger partial charge in [-0.25, -0.2) is 12.8 Å². The summed E-state index contributed by atoms with van der Waals surface area (Å²) in [6.07, 6.45) is 4.26. The van der Waals surface area contributed by atoms with E-state index >= 15 is 0 Å². The molecule has 0 aliphatic heterocycles. The van der Waals surface area contributed by atoms with E-state index in [2.05, 4.69) is 16.1 Å². The fraction of sp³-hybridized carbons (Fsp3) is 0.174. The Kier molecular flexibility index (Phi) is 5.55. The van der Waals surface area contributed by atoms with Gasteiger partial charge in [-0.3, -0.25) is 9.52 Å². The van der Waals surface area contributed by atoms with Crippen molar-refractivity contribution in [2.45, 2.75) is 30.6 Å². The fourth-order valence-electron chi connectivity index (χ4n) is 3.61. The molecule has 2 N–H and O–H groups in total. The number of hydrogen-bond acceptors (Lipinski definition) is 3. The van der Waals surface area contributed by atoms with E-state index in [1.807, 2.05) is 12.1 Å². The van der Waals surface area contributed by atoms with Gasteiger partial charge in [-0.15, -0.1) is 0 Å². The van der Waals surface area contributed by atoms with Gasteiger partial charge in [-0.2, -0.15) is 0 Å². The van der Waals surface area contributed by atoms with E-state index in [-0.39, 0.29) is 10.8 Å². The summed E-state index contributed by atoms with van der Waals surface area (Å²) in [6, 6.07) is 16.7. The van der Waals surface area contributed by atoms with Gasteiger partial charge in [-0.05, 0) is 91.4 Å². The SMILES string of the molecule is O=C(Nc1cccc2c1CCCC2)c1ccc(NS(=O)(=O)c2ccc(F)cc2)cc1. The van der Waals surface area contributed by atoms with Crippen LogP contribution in [-0.4, -0.2) is 14.3 Å². The van der Waals surface area contributed by atoms with Crippen molar-refractivity contribution in [1.29, 1.82) is 0 Å². The molecule has 3 aromatic carbocycles. The monoisotopic (exact) mass is 424 g/mol. The number of fused-ring (bicyclic) bond motifs is 1. The summed E-state index contributed by atoms with van der Waals surface area (Å²) >= 11 is 0. The molecule has 30 heavy (non-hydrogen) atoms. The van der Waals surface area contributed by atoms with E-state index in [4.69, 9.17) is 0 Å². The minimum atomic E-state index is -3.84. The van der Waals surface area contributed by atoms with Crippen LogP contribution in [0.4, 0.5) is 15.8 Å². The number of amides is 1. The van der Waals surface area contributed by atoms with Crippen molar-refractivity contribution in [2.24, 2.45) is 0 Å². The van der Waals surface area contributed by atoms with Crippen LogP contribution < -0.4 is 10.0 Å². The van der Waals surface area contributed by atoms with Gasteiger partial charge in [0.15, 0.2) is 0 Å². The van der Waals surface area contributed by atoms with E-state index in [1.54, 1.807) is 12.1 Å². The Morgan fingerprint density at radius 1 is 0.867 bits per heavy atom. The third kappa shape index (κ3) is 4.36. The van der Waals surface area contributed by atoms with Crippen molar-refractivity contribution >= 4 is 27.3 Å². The van der Waals surface area contributed by atoms with Crippen LogP contribution in [-0.2, 0) is 22.9 Å². The lowest BCUT2D eigenvalue weighted by atomic mass is 9.90. The van der Waals surface area contributed by atoms with Crippen LogP contribution in [0.2, 0.25) is 0 Å². The second-order valence-corrected chi connectivity index (χ2v) is 8.92. The van der Waals surface area contributed by atoms with E-state index in [9.17, 15) is 17.6 Å². The highest BCUT2D eigenvalue weighted by Gasteiger charge is 2.17. The van der Waals surface area contributed by atoms with Gasteiger partial charge >= 0.3 is 0 Å². The third-order valence-corrected chi connectivity index (χ3v) is 6.56. The number of carbonyl (C=O) groups excluding carboxylic acids is 1. The summed E-state index contributed by atoms with van der Waals surface area (Å²) in [7, 11) is -3.84. The average molecular weight is 424 g/mol. The Morgan fingerprint density at radius 3 is 2.30 bits per heavy atom. The number of rotatable bonds is 5. The largest absolute Gasteiger partial charge is 0.322 e. The summed E-state index contributed by atoms with van der Waals surface area (Å²) < 4.78 is 40.2. The Balaban J connectivity index is 1.47. The second kappa shape index (κ2) is 8.28. The lowest BCUT2D eigenvalue weighted by molar-refractivity contribution is 0.102. The molecular formula is C23H21FN2O3S. The van der Waals surface area contributed by atoms with Crippen molar-refractivity contribution in [2.75, 3.05) is 10.0 Å². The molecule has 0 heterocycles. The zero-order chi connectivity index (χ0) is 21.1. The van der Waals surface area contributed by atoms with E-state index in [0.717, 1.165) is 37.1 Å². The number of aryl methyl sites for hydroxylation is 1. The fourth-order valence-corrected chi connectivity index (χ4v) is 4.67. The number of anilines is 2. The first kappa shape index (κ1) is 20.1. The molecule has 4 rings (SSSR count). The number of sulfonamides is 1. The topological polar surface area (TPSA) is 75.3 Å². The normalized spacial score (nSPS) is 13.4. The van der Waals surface area contributed by atoms with Crippen molar-refractivity contribution in [1.82, 2.24) is 0 Å². The number of benzene rings is 3. The molecule has 0 fully saturated rings. The predicted molar refractivity (Wildman–Crippen MR) is 115 cm³/mol. The summed E-state index contributed by atoms with van der Waals surface area (Å²) in [5.41, 5.74) is 4.05. The van der Waals surface area contributed by atoms with Crippen molar-refractivity contribution < 1.29 is 17.6 Å². The first-order chi connectivity index (χ1) is 14.4.